The van der Waals surface area contributed by atoms with Crippen LogP contribution in [0, 0.1) is 0 Å². The zero-order valence-electron chi connectivity index (χ0n) is 9.26. The molecule has 6 heteroatoms. The predicted octanol–water partition coefficient (Wildman–Crippen LogP) is 0.506. The van der Waals surface area contributed by atoms with Crippen LogP contribution in [0.15, 0.2) is 18.3 Å². The molecule has 0 aliphatic heterocycles. The van der Waals surface area contributed by atoms with Crippen LogP contribution in [0.4, 0.5) is 5.69 Å². The maximum Gasteiger partial charge on any atom is 0.356 e. The Bertz CT molecular complexity index is 562. The molecule has 6 nitrogen and oxygen atoms in total. The van der Waals surface area contributed by atoms with E-state index >= 15 is 0 Å². The minimum Gasteiger partial charge on any atom is -0.476 e. The number of rotatable bonds is 4. The molecule has 0 bridgehead atoms. The lowest BCUT2D eigenvalue weighted by molar-refractivity contribution is 0.0693. The number of nitrogen functional groups attached to an aromatic ring is 1. The Kier molecular flexibility index (Phi) is 2.97. The summed E-state index contributed by atoms with van der Waals surface area (Å²) in [4.78, 5) is 15.2. The van der Waals surface area contributed by atoms with Crippen molar-refractivity contribution in [2.75, 3.05) is 12.3 Å². The molecule has 5 N–H and O–H groups in total. The molecule has 0 aliphatic carbocycles. The zero-order valence-corrected chi connectivity index (χ0v) is 9.26. The molecule has 0 amide bonds. The van der Waals surface area contributed by atoms with Crippen LogP contribution in [-0.2, 0) is 6.42 Å². The van der Waals surface area contributed by atoms with Crippen LogP contribution in [0.5, 0.6) is 0 Å². The molecule has 17 heavy (non-hydrogen) atoms. The van der Waals surface area contributed by atoms with Gasteiger partial charge in [0.05, 0.1) is 5.69 Å². The van der Waals surface area contributed by atoms with E-state index in [1.54, 1.807) is 22.7 Å². The molecule has 0 fully saturated rings. The first-order chi connectivity index (χ1) is 8.15. The molecular formula is C11H14N4O2. The normalized spacial score (nSPS) is 10.9. The summed E-state index contributed by atoms with van der Waals surface area (Å²) in [6.45, 7) is 0.541. The van der Waals surface area contributed by atoms with Crippen molar-refractivity contribution in [2.24, 2.45) is 5.73 Å². The van der Waals surface area contributed by atoms with Crippen LogP contribution in [-0.4, -0.2) is 27.0 Å². The number of pyridine rings is 1. The number of aromatic carboxylic acids is 1. The fourth-order valence-corrected chi connectivity index (χ4v) is 1.81. The minimum absolute atomic E-state index is 0.00452. The Labute approximate surface area is 97.9 Å². The van der Waals surface area contributed by atoms with Crippen LogP contribution >= 0.6 is 0 Å². The Balaban J connectivity index is 2.62. The summed E-state index contributed by atoms with van der Waals surface area (Å²) in [6.07, 6.45) is 3.15. The maximum atomic E-state index is 11.1. The standard InChI is InChI=1S/C11H14N4O2/c12-5-1-4-8-14-9(11(16)17)10-7(13)3-2-6-15(8)10/h2-3,6H,1,4-5,12-13H2,(H,16,17). The number of nitrogens with two attached hydrogens (primary N) is 2. The summed E-state index contributed by atoms with van der Waals surface area (Å²) < 4.78 is 1.72. The average molecular weight is 234 g/mol. The lowest BCUT2D eigenvalue weighted by Gasteiger charge is -2.01. The van der Waals surface area contributed by atoms with E-state index in [-0.39, 0.29) is 5.69 Å². The lowest BCUT2D eigenvalue weighted by Crippen LogP contribution is -2.03. The number of carbonyl (C=O) groups is 1. The van der Waals surface area contributed by atoms with Gasteiger partial charge in [-0.15, -0.1) is 0 Å². The highest BCUT2D eigenvalue weighted by Gasteiger charge is 2.17. The molecule has 0 unspecified atom stereocenters. The van der Waals surface area contributed by atoms with Crippen molar-refractivity contribution in [1.82, 2.24) is 9.38 Å². The number of aryl methyl sites for hydroxylation is 1. The van der Waals surface area contributed by atoms with Gasteiger partial charge >= 0.3 is 5.97 Å². The second-order valence-corrected chi connectivity index (χ2v) is 3.76. The number of fused-ring (bicyclic) bond motifs is 1. The maximum absolute atomic E-state index is 11.1. The van der Waals surface area contributed by atoms with Crippen molar-refractivity contribution in [3.05, 3.63) is 29.8 Å². The van der Waals surface area contributed by atoms with Gasteiger partial charge in [0.1, 0.15) is 11.3 Å². The minimum atomic E-state index is -1.07. The topological polar surface area (TPSA) is 107 Å². The highest BCUT2D eigenvalue weighted by molar-refractivity contribution is 5.97. The zero-order chi connectivity index (χ0) is 12.4. The molecule has 2 aromatic rings. The highest BCUT2D eigenvalue weighted by atomic mass is 16.4. The van der Waals surface area contributed by atoms with E-state index < -0.39 is 5.97 Å². The van der Waals surface area contributed by atoms with Gasteiger partial charge in [0.25, 0.3) is 0 Å². The van der Waals surface area contributed by atoms with Gasteiger partial charge < -0.3 is 21.0 Å². The molecule has 0 saturated heterocycles. The van der Waals surface area contributed by atoms with Crippen LogP contribution in [0.1, 0.15) is 22.7 Å². The van der Waals surface area contributed by atoms with Crippen molar-refractivity contribution < 1.29 is 9.90 Å². The molecule has 0 aromatic carbocycles. The first kappa shape index (κ1) is 11.4. The van der Waals surface area contributed by atoms with E-state index in [0.717, 1.165) is 6.42 Å². The van der Waals surface area contributed by atoms with Gasteiger partial charge in [0.15, 0.2) is 5.69 Å². The van der Waals surface area contributed by atoms with Gasteiger partial charge in [-0.2, -0.15) is 0 Å². The first-order valence-corrected chi connectivity index (χ1v) is 5.34. The third kappa shape index (κ3) is 1.94. The molecule has 0 radical (unpaired) electrons. The Morgan fingerprint density at radius 2 is 2.29 bits per heavy atom. The van der Waals surface area contributed by atoms with Crippen molar-refractivity contribution in [1.29, 1.82) is 0 Å². The van der Waals surface area contributed by atoms with Gasteiger partial charge in [0, 0.05) is 12.6 Å². The largest absolute Gasteiger partial charge is 0.476 e. The highest BCUT2D eigenvalue weighted by Crippen LogP contribution is 2.20. The molecule has 2 heterocycles. The van der Waals surface area contributed by atoms with Crippen molar-refractivity contribution in [2.45, 2.75) is 12.8 Å². The van der Waals surface area contributed by atoms with E-state index in [1.165, 1.54) is 0 Å². The van der Waals surface area contributed by atoms with Gasteiger partial charge in [-0.25, -0.2) is 9.78 Å². The molecule has 90 valence electrons. The number of nitrogens with zero attached hydrogens (tertiary/aromatic N) is 2. The van der Waals surface area contributed by atoms with Crippen LogP contribution in [0.2, 0.25) is 0 Å². The van der Waals surface area contributed by atoms with Gasteiger partial charge in [-0.05, 0) is 25.1 Å². The molecule has 0 aliphatic rings. The van der Waals surface area contributed by atoms with Crippen LogP contribution in [0.3, 0.4) is 0 Å². The molecule has 2 rings (SSSR count). The van der Waals surface area contributed by atoms with E-state index in [1.807, 2.05) is 0 Å². The summed E-state index contributed by atoms with van der Waals surface area (Å²) >= 11 is 0. The summed E-state index contributed by atoms with van der Waals surface area (Å²) in [5.74, 6) is -0.394. The Hall–Kier alpha value is -2.08. The predicted molar refractivity (Wildman–Crippen MR) is 63.9 cm³/mol. The summed E-state index contributed by atoms with van der Waals surface area (Å²) in [7, 11) is 0. The van der Waals surface area contributed by atoms with Crippen LogP contribution < -0.4 is 11.5 Å². The van der Waals surface area contributed by atoms with Gasteiger partial charge in [0.2, 0.25) is 0 Å². The number of carboxylic acid groups (broad SMARTS) is 1. The van der Waals surface area contributed by atoms with Crippen molar-refractivity contribution in [3.63, 3.8) is 0 Å². The number of anilines is 1. The molecular weight excluding hydrogens is 220 g/mol. The quantitative estimate of drug-likeness (QED) is 0.714. The second-order valence-electron chi connectivity index (χ2n) is 3.76. The summed E-state index contributed by atoms with van der Waals surface area (Å²) in [5, 5.41) is 9.09. The van der Waals surface area contributed by atoms with E-state index in [2.05, 4.69) is 4.98 Å². The van der Waals surface area contributed by atoms with Gasteiger partial charge in [-0.3, -0.25) is 0 Å². The fraction of sp³-hybridized carbons (Fsp3) is 0.273. The van der Waals surface area contributed by atoms with E-state index in [4.69, 9.17) is 16.6 Å². The monoisotopic (exact) mass is 234 g/mol. The number of imidazole rings is 1. The fourth-order valence-electron chi connectivity index (χ4n) is 1.81. The third-order valence-corrected chi connectivity index (χ3v) is 2.58. The van der Waals surface area contributed by atoms with Crippen molar-refractivity contribution >= 4 is 17.2 Å². The van der Waals surface area contributed by atoms with Crippen LogP contribution in [0.25, 0.3) is 5.52 Å². The Morgan fingerprint density at radius 3 is 2.94 bits per heavy atom. The lowest BCUT2D eigenvalue weighted by atomic mass is 10.3. The summed E-state index contributed by atoms with van der Waals surface area (Å²) in [6, 6.07) is 3.43. The average Bonchev–Trinajstić information content (AvgIpc) is 2.67. The summed E-state index contributed by atoms with van der Waals surface area (Å²) in [5.41, 5.74) is 12.1. The van der Waals surface area contributed by atoms with E-state index in [9.17, 15) is 4.79 Å². The third-order valence-electron chi connectivity index (χ3n) is 2.58. The SMILES string of the molecule is NCCCc1nc(C(=O)O)c2c(N)cccn12. The van der Waals surface area contributed by atoms with E-state index in [0.29, 0.717) is 30.0 Å². The first-order valence-electron chi connectivity index (χ1n) is 5.34. The number of aromatic nitrogens is 2. The molecule has 0 spiro atoms. The number of hydrogen-bond acceptors (Lipinski definition) is 4. The smallest absolute Gasteiger partial charge is 0.356 e. The Morgan fingerprint density at radius 1 is 1.53 bits per heavy atom. The number of carboxylic acids is 1. The van der Waals surface area contributed by atoms with Gasteiger partial charge in [-0.1, -0.05) is 0 Å². The number of hydrogen-bond donors (Lipinski definition) is 3. The molecule has 0 atom stereocenters. The second kappa shape index (κ2) is 4.42. The van der Waals surface area contributed by atoms with Crippen molar-refractivity contribution in [3.8, 4) is 0 Å². The molecule has 2 aromatic heterocycles. The molecule has 0 saturated carbocycles.